The summed E-state index contributed by atoms with van der Waals surface area (Å²) in [6.45, 7) is 2.57. The zero-order valence-corrected chi connectivity index (χ0v) is 16.2. The van der Waals surface area contributed by atoms with E-state index in [1.807, 2.05) is 48.5 Å². The number of amides is 1. The molecule has 0 radical (unpaired) electrons. The molecule has 1 aliphatic heterocycles. The minimum atomic E-state index is -0.0414. The van der Waals surface area contributed by atoms with Crippen LogP contribution in [0.15, 0.2) is 60.8 Å². The van der Waals surface area contributed by atoms with E-state index >= 15 is 0 Å². The van der Waals surface area contributed by atoms with Crippen molar-refractivity contribution in [1.29, 1.82) is 0 Å². The van der Waals surface area contributed by atoms with Gasteiger partial charge in [-0.2, -0.15) is 0 Å². The molecule has 3 aromatic rings. The second-order valence-corrected chi connectivity index (χ2v) is 6.87. The van der Waals surface area contributed by atoms with Gasteiger partial charge in [0.1, 0.15) is 0 Å². The van der Waals surface area contributed by atoms with Crippen LogP contribution in [0.4, 0.5) is 0 Å². The van der Waals surface area contributed by atoms with Crippen molar-refractivity contribution in [3.05, 3.63) is 77.5 Å². The number of hydrogen-bond donors (Lipinski definition) is 2. The molecule has 0 unspecified atom stereocenters. The van der Waals surface area contributed by atoms with E-state index in [0.717, 1.165) is 36.0 Å². The lowest BCUT2D eigenvalue weighted by Gasteiger charge is -2.21. The van der Waals surface area contributed by atoms with Gasteiger partial charge in [0.25, 0.3) is 5.91 Å². The second-order valence-electron chi connectivity index (χ2n) is 6.87. The van der Waals surface area contributed by atoms with Gasteiger partial charge in [-0.15, -0.1) is 12.4 Å². The molecule has 0 bridgehead atoms. The molecule has 0 aliphatic carbocycles. The number of nitrogens with zero attached hydrogens (tertiary/aromatic N) is 1. The molecule has 0 fully saturated rings. The van der Waals surface area contributed by atoms with Crippen molar-refractivity contribution in [2.24, 2.45) is 0 Å². The normalized spacial score (nSPS) is 14.5. The lowest BCUT2D eigenvalue weighted by molar-refractivity contribution is 0.0951. The quantitative estimate of drug-likeness (QED) is 0.710. The highest BCUT2D eigenvalue weighted by Gasteiger charge is 2.15. The first-order valence-corrected chi connectivity index (χ1v) is 9.02. The first-order chi connectivity index (χ1) is 12.7. The SMILES string of the molecule is CN1CC=C(c2c[nH]c3ccc(C(=O)NCc4ccccc4)cc23)CC1.Cl. The van der Waals surface area contributed by atoms with Crippen LogP contribution in [0.5, 0.6) is 0 Å². The van der Waals surface area contributed by atoms with Gasteiger partial charge in [-0.3, -0.25) is 4.79 Å². The molecule has 1 aliphatic rings. The maximum atomic E-state index is 12.6. The van der Waals surface area contributed by atoms with Crippen molar-refractivity contribution in [3.8, 4) is 0 Å². The van der Waals surface area contributed by atoms with Crippen LogP contribution in [0.3, 0.4) is 0 Å². The predicted octanol–water partition coefficient (Wildman–Crippen LogP) is 4.24. The average Bonchev–Trinajstić information content (AvgIpc) is 3.11. The third-order valence-electron chi connectivity index (χ3n) is 5.00. The fourth-order valence-electron chi connectivity index (χ4n) is 3.42. The Morgan fingerprint density at radius 1 is 1.19 bits per heavy atom. The smallest absolute Gasteiger partial charge is 0.251 e. The largest absolute Gasteiger partial charge is 0.361 e. The fraction of sp³-hybridized carbons (Fsp3) is 0.227. The van der Waals surface area contributed by atoms with Crippen molar-refractivity contribution < 1.29 is 4.79 Å². The number of aromatic amines is 1. The summed E-state index contributed by atoms with van der Waals surface area (Å²) in [5.41, 5.74) is 5.44. The number of halogens is 1. The Bertz CT molecular complexity index is 962. The van der Waals surface area contributed by atoms with Crippen molar-refractivity contribution in [1.82, 2.24) is 15.2 Å². The Morgan fingerprint density at radius 3 is 2.74 bits per heavy atom. The molecule has 140 valence electrons. The highest BCUT2D eigenvalue weighted by molar-refractivity contribution is 6.01. The van der Waals surface area contributed by atoms with E-state index in [4.69, 9.17) is 0 Å². The number of hydrogen-bond acceptors (Lipinski definition) is 2. The molecule has 1 aromatic heterocycles. The maximum Gasteiger partial charge on any atom is 0.251 e. The summed E-state index contributed by atoms with van der Waals surface area (Å²) in [6, 6.07) is 15.8. The molecule has 4 nitrogen and oxygen atoms in total. The molecule has 0 saturated heterocycles. The van der Waals surface area contributed by atoms with Gasteiger partial charge in [0.05, 0.1) is 0 Å². The van der Waals surface area contributed by atoms with Crippen molar-refractivity contribution in [2.45, 2.75) is 13.0 Å². The summed E-state index contributed by atoms with van der Waals surface area (Å²) < 4.78 is 0. The summed E-state index contributed by atoms with van der Waals surface area (Å²) in [5.74, 6) is -0.0414. The third-order valence-corrected chi connectivity index (χ3v) is 5.00. The molecule has 1 amide bonds. The molecule has 0 spiro atoms. The molecule has 0 atom stereocenters. The minimum absolute atomic E-state index is 0. The van der Waals surface area contributed by atoms with Crippen molar-refractivity contribution in [3.63, 3.8) is 0 Å². The summed E-state index contributed by atoms with van der Waals surface area (Å²) in [4.78, 5) is 18.2. The van der Waals surface area contributed by atoms with Gasteiger partial charge in [-0.05, 0) is 42.8 Å². The maximum absolute atomic E-state index is 12.6. The molecule has 2 N–H and O–H groups in total. The van der Waals surface area contributed by atoms with Crippen LogP contribution >= 0.6 is 12.4 Å². The van der Waals surface area contributed by atoms with Crippen LogP contribution in [0.2, 0.25) is 0 Å². The molecular weight excluding hydrogens is 358 g/mol. The Kier molecular flexibility index (Phi) is 5.99. The van der Waals surface area contributed by atoms with E-state index in [2.05, 4.69) is 34.5 Å². The number of carbonyl (C=O) groups is 1. The zero-order valence-electron chi connectivity index (χ0n) is 15.4. The number of likely N-dealkylation sites (N-methyl/N-ethyl adjacent to an activating group) is 1. The van der Waals surface area contributed by atoms with Crippen LogP contribution in [-0.2, 0) is 6.54 Å². The Labute approximate surface area is 165 Å². The molecule has 4 rings (SSSR count). The minimum Gasteiger partial charge on any atom is -0.361 e. The third kappa shape index (κ3) is 4.24. The van der Waals surface area contributed by atoms with Crippen LogP contribution in [0.1, 0.15) is 27.9 Å². The van der Waals surface area contributed by atoms with Crippen molar-refractivity contribution in [2.75, 3.05) is 20.1 Å². The van der Waals surface area contributed by atoms with E-state index in [1.165, 1.54) is 11.1 Å². The molecular formula is C22H24ClN3O. The first kappa shape index (κ1) is 19.2. The molecule has 27 heavy (non-hydrogen) atoms. The number of fused-ring (bicyclic) bond motifs is 1. The summed E-state index contributed by atoms with van der Waals surface area (Å²) in [6.07, 6.45) is 5.38. The molecule has 2 aromatic carbocycles. The lowest BCUT2D eigenvalue weighted by atomic mass is 9.98. The Hall–Kier alpha value is -2.56. The van der Waals surface area contributed by atoms with Gasteiger partial charge >= 0.3 is 0 Å². The lowest BCUT2D eigenvalue weighted by Crippen LogP contribution is -2.23. The number of aromatic nitrogens is 1. The highest BCUT2D eigenvalue weighted by Crippen LogP contribution is 2.29. The van der Waals surface area contributed by atoms with Gasteiger partial charge in [-0.25, -0.2) is 0 Å². The molecule has 2 heterocycles. The Morgan fingerprint density at radius 2 is 2.00 bits per heavy atom. The van der Waals surface area contributed by atoms with Gasteiger partial charge in [0.2, 0.25) is 0 Å². The number of H-pyrrole nitrogens is 1. The number of carbonyl (C=O) groups excluding carboxylic acids is 1. The monoisotopic (exact) mass is 381 g/mol. The van der Waals surface area contributed by atoms with Crippen LogP contribution in [0.25, 0.3) is 16.5 Å². The van der Waals surface area contributed by atoms with Gasteiger partial charge < -0.3 is 15.2 Å². The topological polar surface area (TPSA) is 48.1 Å². The predicted molar refractivity (Wildman–Crippen MR) is 113 cm³/mol. The van der Waals surface area contributed by atoms with Crippen LogP contribution in [-0.4, -0.2) is 35.9 Å². The summed E-state index contributed by atoms with van der Waals surface area (Å²) in [5, 5.41) is 4.13. The number of nitrogens with one attached hydrogen (secondary N) is 2. The fourth-order valence-corrected chi connectivity index (χ4v) is 3.42. The first-order valence-electron chi connectivity index (χ1n) is 9.02. The van der Waals surface area contributed by atoms with Crippen LogP contribution < -0.4 is 5.32 Å². The van der Waals surface area contributed by atoms with Gasteiger partial charge in [-0.1, -0.05) is 36.4 Å². The van der Waals surface area contributed by atoms with Gasteiger partial charge in [0.15, 0.2) is 0 Å². The van der Waals surface area contributed by atoms with Crippen molar-refractivity contribution >= 4 is 34.8 Å². The van der Waals surface area contributed by atoms with E-state index in [9.17, 15) is 4.79 Å². The van der Waals surface area contributed by atoms with Crippen LogP contribution in [0, 0.1) is 0 Å². The molecule has 0 saturated carbocycles. The average molecular weight is 382 g/mol. The summed E-state index contributed by atoms with van der Waals surface area (Å²) in [7, 11) is 2.14. The number of benzene rings is 2. The van der Waals surface area contributed by atoms with Gasteiger partial charge in [0, 0.05) is 47.9 Å². The highest BCUT2D eigenvalue weighted by atomic mass is 35.5. The molecule has 5 heteroatoms. The zero-order chi connectivity index (χ0) is 17.9. The second kappa shape index (κ2) is 8.42. The Balaban J connectivity index is 0.00000210. The van der Waals surface area contributed by atoms with E-state index < -0.39 is 0 Å². The summed E-state index contributed by atoms with van der Waals surface area (Å²) >= 11 is 0. The van der Waals surface area contributed by atoms with E-state index in [0.29, 0.717) is 12.1 Å². The standard InChI is InChI=1S/C22H23N3O.ClH/c1-25-11-9-17(10-12-25)20-15-23-21-8-7-18(13-19(20)21)22(26)24-14-16-5-3-2-4-6-16;/h2-9,13,15,23H,10-12,14H2,1H3,(H,24,26);1H. The number of rotatable bonds is 4. The van der Waals surface area contributed by atoms with E-state index in [-0.39, 0.29) is 18.3 Å². The van der Waals surface area contributed by atoms with E-state index in [1.54, 1.807) is 0 Å².